The molecule has 0 atom stereocenters. The van der Waals surface area contributed by atoms with Crippen LogP contribution in [0.1, 0.15) is 53.9 Å². The number of carbonyl (C=O) groups excluding carboxylic acids is 1. The first-order valence-corrected chi connectivity index (χ1v) is 6.73. The molecular formula is C13H30N2O. The molecule has 98 valence electrons. The van der Waals surface area contributed by atoms with Gasteiger partial charge in [-0.3, -0.25) is 9.69 Å². The Kier molecular flexibility index (Phi) is 16.1. The number of rotatable bonds is 3. The van der Waals surface area contributed by atoms with Crippen LogP contribution in [-0.2, 0) is 4.79 Å². The number of likely N-dealkylation sites (N-methyl/N-ethyl adjacent to an activating group) is 1. The van der Waals surface area contributed by atoms with Gasteiger partial charge in [-0.05, 0) is 32.9 Å². The minimum absolute atomic E-state index is 0.161. The maximum Gasteiger partial charge on any atom is 0.234 e. The van der Waals surface area contributed by atoms with E-state index in [9.17, 15) is 4.79 Å². The van der Waals surface area contributed by atoms with Crippen LogP contribution in [0.3, 0.4) is 0 Å². The van der Waals surface area contributed by atoms with Gasteiger partial charge in [-0.25, -0.2) is 0 Å². The summed E-state index contributed by atoms with van der Waals surface area (Å²) in [6, 6.07) is 0. The van der Waals surface area contributed by atoms with Crippen LogP contribution in [-0.4, -0.2) is 37.0 Å². The number of hydrogen-bond donors (Lipinski definition) is 1. The summed E-state index contributed by atoms with van der Waals surface area (Å²) < 4.78 is 0. The average molecular weight is 230 g/mol. The summed E-state index contributed by atoms with van der Waals surface area (Å²) in [6.07, 6.45) is 3.75. The highest BCUT2D eigenvalue weighted by molar-refractivity contribution is 5.77. The minimum Gasteiger partial charge on any atom is -0.355 e. The zero-order chi connectivity index (χ0) is 12.8. The van der Waals surface area contributed by atoms with Crippen LogP contribution in [0, 0.1) is 0 Å². The Morgan fingerprint density at radius 2 is 1.56 bits per heavy atom. The molecular weight excluding hydrogens is 200 g/mol. The molecule has 1 N–H and O–H groups in total. The number of carbonyl (C=O) groups is 1. The van der Waals surface area contributed by atoms with Crippen molar-refractivity contribution in [3.63, 3.8) is 0 Å². The lowest BCUT2D eigenvalue weighted by atomic mass is 10.4. The third-order valence-electron chi connectivity index (χ3n) is 1.94. The Labute approximate surface area is 102 Å². The van der Waals surface area contributed by atoms with E-state index in [0.717, 1.165) is 19.6 Å². The molecule has 0 unspecified atom stereocenters. The summed E-state index contributed by atoms with van der Waals surface area (Å²) in [4.78, 5) is 13.2. The van der Waals surface area contributed by atoms with E-state index in [4.69, 9.17) is 0 Å². The van der Waals surface area contributed by atoms with Crippen molar-refractivity contribution in [2.45, 2.75) is 53.9 Å². The minimum atomic E-state index is 0.161. The first kappa shape index (κ1) is 17.8. The molecule has 0 aliphatic carbocycles. The highest BCUT2D eigenvalue weighted by Crippen LogP contribution is 2.05. The molecule has 1 aliphatic heterocycles. The van der Waals surface area contributed by atoms with Crippen LogP contribution in [0.2, 0.25) is 0 Å². The predicted molar refractivity (Wildman–Crippen MR) is 71.7 cm³/mol. The Morgan fingerprint density at radius 1 is 1.12 bits per heavy atom. The van der Waals surface area contributed by atoms with E-state index in [2.05, 4.69) is 24.1 Å². The van der Waals surface area contributed by atoms with Crippen molar-refractivity contribution >= 4 is 5.91 Å². The monoisotopic (exact) mass is 230 g/mol. The molecule has 1 saturated heterocycles. The van der Waals surface area contributed by atoms with Crippen LogP contribution in [0.4, 0.5) is 0 Å². The Balaban J connectivity index is 0. The van der Waals surface area contributed by atoms with Gasteiger partial charge in [0.25, 0.3) is 0 Å². The zero-order valence-corrected chi connectivity index (χ0v) is 11.8. The third-order valence-corrected chi connectivity index (χ3v) is 1.94. The summed E-state index contributed by atoms with van der Waals surface area (Å²) in [5.41, 5.74) is 0. The number of nitrogens with one attached hydrogen (secondary N) is 1. The van der Waals surface area contributed by atoms with Crippen molar-refractivity contribution in [2.24, 2.45) is 0 Å². The van der Waals surface area contributed by atoms with Crippen molar-refractivity contribution in [1.29, 1.82) is 0 Å². The fraction of sp³-hybridized carbons (Fsp3) is 0.923. The molecule has 1 fully saturated rings. The lowest BCUT2D eigenvalue weighted by Gasteiger charge is -2.12. The quantitative estimate of drug-likeness (QED) is 0.808. The lowest BCUT2D eigenvalue weighted by molar-refractivity contribution is -0.121. The Bertz CT molecular complexity index is 143. The van der Waals surface area contributed by atoms with Crippen molar-refractivity contribution in [3.8, 4) is 0 Å². The fourth-order valence-corrected chi connectivity index (χ4v) is 1.40. The van der Waals surface area contributed by atoms with Gasteiger partial charge in [0, 0.05) is 6.54 Å². The largest absolute Gasteiger partial charge is 0.355 e. The summed E-state index contributed by atoms with van der Waals surface area (Å²) in [5, 5.41) is 2.79. The molecule has 3 heteroatoms. The molecule has 0 aromatic rings. The number of amides is 1. The SMILES string of the molecule is CC.CCC.CCNC(=O)CN1CCCC1. The Hall–Kier alpha value is -0.570. The van der Waals surface area contributed by atoms with Crippen LogP contribution >= 0.6 is 0 Å². The molecule has 1 heterocycles. The molecule has 0 saturated carbocycles. The first-order chi connectivity index (χ1) is 7.74. The second-order valence-corrected chi connectivity index (χ2v) is 3.64. The van der Waals surface area contributed by atoms with E-state index >= 15 is 0 Å². The van der Waals surface area contributed by atoms with Gasteiger partial charge < -0.3 is 5.32 Å². The molecule has 0 aromatic carbocycles. The molecule has 1 rings (SSSR count). The second kappa shape index (κ2) is 14.4. The third kappa shape index (κ3) is 11.5. The Morgan fingerprint density at radius 3 is 1.94 bits per heavy atom. The summed E-state index contributed by atoms with van der Waals surface area (Å²) in [6.45, 7) is 13.7. The summed E-state index contributed by atoms with van der Waals surface area (Å²) >= 11 is 0. The molecule has 0 aromatic heterocycles. The number of likely N-dealkylation sites (tertiary alicyclic amines) is 1. The van der Waals surface area contributed by atoms with Crippen molar-refractivity contribution in [1.82, 2.24) is 10.2 Å². The van der Waals surface area contributed by atoms with E-state index in [0.29, 0.717) is 6.54 Å². The van der Waals surface area contributed by atoms with Gasteiger partial charge in [0.05, 0.1) is 6.54 Å². The van der Waals surface area contributed by atoms with Crippen LogP contribution in [0.5, 0.6) is 0 Å². The molecule has 0 spiro atoms. The van der Waals surface area contributed by atoms with Gasteiger partial charge in [0.15, 0.2) is 0 Å². The van der Waals surface area contributed by atoms with Crippen molar-refractivity contribution in [2.75, 3.05) is 26.2 Å². The zero-order valence-electron chi connectivity index (χ0n) is 11.8. The number of hydrogen-bond acceptors (Lipinski definition) is 2. The van der Waals surface area contributed by atoms with E-state index in [1.165, 1.54) is 19.3 Å². The first-order valence-electron chi connectivity index (χ1n) is 6.73. The summed E-state index contributed by atoms with van der Waals surface area (Å²) in [7, 11) is 0. The van der Waals surface area contributed by atoms with Crippen LogP contribution in [0.25, 0.3) is 0 Å². The molecule has 3 nitrogen and oxygen atoms in total. The predicted octanol–water partition coefficient (Wildman–Crippen LogP) is 2.66. The van der Waals surface area contributed by atoms with Crippen molar-refractivity contribution in [3.05, 3.63) is 0 Å². The molecule has 0 radical (unpaired) electrons. The standard InChI is InChI=1S/C8H16N2O.C3H8.C2H6/c1-2-9-8(11)7-10-5-3-4-6-10;1-3-2;1-2/h2-7H2,1H3,(H,9,11);3H2,1-2H3;1-2H3. The molecule has 16 heavy (non-hydrogen) atoms. The van der Waals surface area contributed by atoms with E-state index in [-0.39, 0.29) is 5.91 Å². The lowest BCUT2D eigenvalue weighted by Crippen LogP contribution is -2.35. The van der Waals surface area contributed by atoms with Crippen LogP contribution in [0.15, 0.2) is 0 Å². The van der Waals surface area contributed by atoms with Gasteiger partial charge in [0.2, 0.25) is 5.91 Å². The van der Waals surface area contributed by atoms with Gasteiger partial charge in [0.1, 0.15) is 0 Å². The van der Waals surface area contributed by atoms with Gasteiger partial charge in [-0.15, -0.1) is 0 Å². The normalized spacial score (nSPS) is 14.3. The molecule has 1 aliphatic rings. The maximum atomic E-state index is 11.0. The number of nitrogens with zero attached hydrogens (tertiary/aromatic N) is 1. The molecule has 0 bridgehead atoms. The maximum absolute atomic E-state index is 11.0. The van der Waals surface area contributed by atoms with E-state index in [1.54, 1.807) is 0 Å². The fourth-order valence-electron chi connectivity index (χ4n) is 1.40. The van der Waals surface area contributed by atoms with E-state index < -0.39 is 0 Å². The van der Waals surface area contributed by atoms with Gasteiger partial charge >= 0.3 is 0 Å². The van der Waals surface area contributed by atoms with E-state index in [1.807, 2.05) is 20.8 Å². The van der Waals surface area contributed by atoms with Gasteiger partial charge in [-0.2, -0.15) is 0 Å². The highest BCUT2D eigenvalue weighted by Gasteiger charge is 2.13. The smallest absolute Gasteiger partial charge is 0.234 e. The van der Waals surface area contributed by atoms with Crippen molar-refractivity contribution < 1.29 is 4.79 Å². The highest BCUT2D eigenvalue weighted by atomic mass is 16.2. The average Bonchev–Trinajstić information content (AvgIpc) is 2.75. The van der Waals surface area contributed by atoms with Gasteiger partial charge in [-0.1, -0.05) is 34.1 Å². The topological polar surface area (TPSA) is 32.3 Å². The molecule has 1 amide bonds. The van der Waals surface area contributed by atoms with Crippen LogP contribution < -0.4 is 5.32 Å². The second-order valence-electron chi connectivity index (χ2n) is 3.64. The summed E-state index contributed by atoms with van der Waals surface area (Å²) in [5.74, 6) is 0.161.